The molecule has 0 fully saturated rings. The highest BCUT2D eigenvalue weighted by molar-refractivity contribution is 7.11. The number of H-pyrrole nitrogens is 1. The maximum Gasteiger partial charge on any atom is 0.357 e. The number of nitrogens with two attached hydrogens (primary N) is 1. The molecule has 0 aliphatic heterocycles. The van der Waals surface area contributed by atoms with Crippen molar-refractivity contribution >= 4 is 33.8 Å². The number of methoxy groups -OCH3 is 1. The first kappa shape index (κ1) is 14.5. The van der Waals surface area contributed by atoms with Crippen LogP contribution in [0.2, 0.25) is 0 Å². The first-order valence-electron chi connectivity index (χ1n) is 6.75. The Hall–Kier alpha value is -2.44. The number of hydrogen-bond donors (Lipinski definition) is 2. The summed E-state index contributed by atoms with van der Waals surface area (Å²) in [5.41, 5.74) is 9.00. The van der Waals surface area contributed by atoms with Gasteiger partial charge in [-0.25, -0.2) is 9.78 Å². The number of fused-ring (bicyclic) bond motifs is 1. The molecule has 0 atom stereocenters. The number of nitrogens with one attached hydrogen (secondary N) is 1. The van der Waals surface area contributed by atoms with Crippen molar-refractivity contribution < 1.29 is 9.53 Å². The van der Waals surface area contributed by atoms with Crippen molar-refractivity contribution in [2.45, 2.75) is 0 Å². The number of benzene rings is 1. The molecule has 1 aromatic carbocycles. The Labute approximate surface area is 131 Å². The van der Waals surface area contributed by atoms with Crippen LogP contribution in [0, 0.1) is 0 Å². The molecule has 3 rings (SSSR count). The lowest BCUT2D eigenvalue weighted by molar-refractivity contribution is 0.0595. The number of rotatable bonds is 4. The standard InChI is InChI=1S/C16H15N3O2S/c1-21-16(20)14-9-22-15(19-14)11(6-7-17)12-8-18-13-5-3-2-4-10(12)13/h2-6,8-9,18H,7,17H2,1H3. The van der Waals surface area contributed by atoms with Crippen LogP contribution in [0.1, 0.15) is 21.1 Å². The molecular weight excluding hydrogens is 298 g/mol. The average molecular weight is 313 g/mol. The van der Waals surface area contributed by atoms with Crippen LogP contribution >= 0.6 is 11.3 Å². The topological polar surface area (TPSA) is 81.0 Å². The van der Waals surface area contributed by atoms with Crippen molar-refractivity contribution in [3.05, 3.63) is 58.2 Å². The smallest absolute Gasteiger partial charge is 0.357 e. The Morgan fingerprint density at radius 1 is 1.45 bits per heavy atom. The number of thiazole rings is 1. The van der Waals surface area contributed by atoms with Crippen LogP contribution in [0.5, 0.6) is 0 Å². The van der Waals surface area contributed by atoms with E-state index in [-0.39, 0.29) is 0 Å². The summed E-state index contributed by atoms with van der Waals surface area (Å²) in [5.74, 6) is -0.437. The number of esters is 1. The third-order valence-electron chi connectivity index (χ3n) is 3.33. The molecule has 0 spiro atoms. The van der Waals surface area contributed by atoms with E-state index in [1.165, 1.54) is 18.4 Å². The van der Waals surface area contributed by atoms with Crippen LogP contribution in [0.15, 0.2) is 41.9 Å². The van der Waals surface area contributed by atoms with Crippen molar-refractivity contribution in [2.75, 3.05) is 13.7 Å². The number of ether oxygens (including phenoxy) is 1. The fraction of sp³-hybridized carbons (Fsp3) is 0.125. The molecule has 3 aromatic rings. The molecule has 0 saturated carbocycles. The zero-order valence-corrected chi connectivity index (χ0v) is 12.8. The van der Waals surface area contributed by atoms with E-state index < -0.39 is 5.97 Å². The fourth-order valence-electron chi connectivity index (χ4n) is 2.32. The third kappa shape index (κ3) is 2.54. The summed E-state index contributed by atoms with van der Waals surface area (Å²) in [7, 11) is 1.34. The summed E-state index contributed by atoms with van der Waals surface area (Å²) >= 11 is 1.40. The quantitative estimate of drug-likeness (QED) is 0.726. The molecule has 0 radical (unpaired) electrons. The molecule has 22 heavy (non-hydrogen) atoms. The third-order valence-corrected chi connectivity index (χ3v) is 4.21. The highest BCUT2D eigenvalue weighted by Gasteiger charge is 2.16. The molecule has 0 aliphatic rings. The van der Waals surface area contributed by atoms with Gasteiger partial charge in [0.05, 0.1) is 7.11 Å². The molecule has 112 valence electrons. The van der Waals surface area contributed by atoms with Crippen LogP contribution in [0.25, 0.3) is 16.5 Å². The van der Waals surface area contributed by atoms with Crippen molar-refractivity contribution in [3.8, 4) is 0 Å². The number of para-hydroxylation sites is 1. The fourth-order valence-corrected chi connectivity index (χ4v) is 3.16. The van der Waals surface area contributed by atoms with Gasteiger partial charge in [0.1, 0.15) is 5.01 Å². The second kappa shape index (κ2) is 6.13. The van der Waals surface area contributed by atoms with Crippen molar-refractivity contribution in [2.24, 2.45) is 5.73 Å². The molecule has 6 heteroatoms. The first-order valence-corrected chi connectivity index (χ1v) is 7.63. The Morgan fingerprint density at radius 2 is 2.27 bits per heavy atom. The Morgan fingerprint density at radius 3 is 3.05 bits per heavy atom. The van der Waals surface area contributed by atoms with E-state index >= 15 is 0 Å². The Balaban J connectivity index is 2.09. The lowest BCUT2D eigenvalue weighted by Gasteiger charge is -2.03. The van der Waals surface area contributed by atoms with Crippen molar-refractivity contribution in [1.29, 1.82) is 0 Å². The molecule has 5 nitrogen and oxygen atoms in total. The summed E-state index contributed by atoms with van der Waals surface area (Å²) in [6.07, 6.45) is 3.85. The summed E-state index contributed by atoms with van der Waals surface area (Å²) < 4.78 is 4.71. The van der Waals surface area contributed by atoms with E-state index in [0.29, 0.717) is 12.2 Å². The Kier molecular flexibility index (Phi) is 4.04. The van der Waals surface area contributed by atoms with Gasteiger partial charge in [-0.15, -0.1) is 11.3 Å². The molecule has 0 unspecified atom stereocenters. The minimum Gasteiger partial charge on any atom is -0.464 e. The largest absolute Gasteiger partial charge is 0.464 e. The Bertz CT molecular complexity index is 848. The predicted molar refractivity (Wildman–Crippen MR) is 87.9 cm³/mol. The minimum atomic E-state index is -0.437. The van der Waals surface area contributed by atoms with Gasteiger partial charge in [0.15, 0.2) is 5.69 Å². The van der Waals surface area contributed by atoms with E-state index in [1.807, 2.05) is 36.5 Å². The monoisotopic (exact) mass is 313 g/mol. The second-order valence-corrected chi connectivity index (χ2v) is 5.49. The van der Waals surface area contributed by atoms with E-state index in [0.717, 1.165) is 27.0 Å². The minimum absolute atomic E-state index is 0.310. The molecule has 0 bridgehead atoms. The summed E-state index contributed by atoms with van der Waals surface area (Å²) in [4.78, 5) is 19.2. The number of aromatic nitrogens is 2. The predicted octanol–water partition coefficient (Wildman–Crippen LogP) is 2.80. The summed E-state index contributed by atoms with van der Waals surface area (Å²) in [5, 5.41) is 3.54. The number of carbonyl (C=O) groups excluding carboxylic acids is 1. The van der Waals surface area contributed by atoms with Gasteiger partial charge in [0, 0.05) is 40.2 Å². The van der Waals surface area contributed by atoms with Gasteiger partial charge in [-0.05, 0) is 6.07 Å². The van der Waals surface area contributed by atoms with Crippen LogP contribution in [0.4, 0.5) is 0 Å². The van der Waals surface area contributed by atoms with Gasteiger partial charge in [-0.2, -0.15) is 0 Å². The molecule has 2 heterocycles. The zero-order chi connectivity index (χ0) is 15.5. The van der Waals surface area contributed by atoms with Crippen molar-refractivity contribution in [1.82, 2.24) is 9.97 Å². The number of nitrogens with zero attached hydrogens (tertiary/aromatic N) is 1. The van der Waals surface area contributed by atoms with E-state index in [1.54, 1.807) is 5.38 Å². The van der Waals surface area contributed by atoms with Crippen LogP contribution in [-0.4, -0.2) is 29.6 Å². The normalized spacial score (nSPS) is 11.8. The molecule has 2 aromatic heterocycles. The maximum atomic E-state index is 11.6. The zero-order valence-electron chi connectivity index (χ0n) is 12.0. The summed E-state index contributed by atoms with van der Waals surface area (Å²) in [6, 6.07) is 8.02. The highest BCUT2D eigenvalue weighted by Crippen LogP contribution is 2.31. The van der Waals surface area contributed by atoms with Gasteiger partial charge in [0.2, 0.25) is 0 Å². The first-order chi connectivity index (χ1) is 10.7. The SMILES string of the molecule is COC(=O)c1csc(C(=CCN)c2c[nH]c3ccccc23)n1. The molecule has 0 saturated heterocycles. The van der Waals surface area contributed by atoms with Crippen LogP contribution in [-0.2, 0) is 4.74 Å². The van der Waals surface area contributed by atoms with E-state index in [4.69, 9.17) is 10.5 Å². The molecule has 0 amide bonds. The molecule has 0 aliphatic carbocycles. The van der Waals surface area contributed by atoms with E-state index in [2.05, 4.69) is 9.97 Å². The van der Waals surface area contributed by atoms with Crippen LogP contribution < -0.4 is 5.73 Å². The van der Waals surface area contributed by atoms with Crippen molar-refractivity contribution in [3.63, 3.8) is 0 Å². The van der Waals surface area contributed by atoms with Gasteiger partial charge in [-0.1, -0.05) is 24.3 Å². The maximum absolute atomic E-state index is 11.6. The van der Waals surface area contributed by atoms with Gasteiger partial charge < -0.3 is 15.5 Å². The number of aromatic amines is 1. The number of carbonyl (C=O) groups is 1. The van der Waals surface area contributed by atoms with Gasteiger partial charge in [0.25, 0.3) is 0 Å². The van der Waals surface area contributed by atoms with E-state index in [9.17, 15) is 4.79 Å². The average Bonchev–Trinajstić information content (AvgIpc) is 3.19. The second-order valence-electron chi connectivity index (χ2n) is 4.63. The number of hydrogen-bond acceptors (Lipinski definition) is 5. The highest BCUT2D eigenvalue weighted by atomic mass is 32.1. The lowest BCUT2D eigenvalue weighted by Crippen LogP contribution is -2.02. The lowest BCUT2D eigenvalue weighted by atomic mass is 10.1. The molecular formula is C16H15N3O2S. The summed E-state index contributed by atoms with van der Waals surface area (Å²) in [6.45, 7) is 0.391. The van der Waals surface area contributed by atoms with Gasteiger partial charge >= 0.3 is 5.97 Å². The molecule has 3 N–H and O–H groups in total. The van der Waals surface area contributed by atoms with Gasteiger partial charge in [-0.3, -0.25) is 0 Å². The van der Waals surface area contributed by atoms with Crippen LogP contribution in [0.3, 0.4) is 0 Å².